The molecule has 0 spiro atoms. The molecule has 1 aromatic heterocycles. The summed E-state index contributed by atoms with van der Waals surface area (Å²) >= 11 is 0. The first-order chi connectivity index (χ1) is 11.5. The molecule has 2 aromatic rings. The van der Waals surface area contributed by atoms with Crippen LogP contribution in [-0.4, -0.2) is 28.5 Å². The van der Waals surface area contributed by atoms with Crippen LogP contribution in [0.2, 0.25) is 0 Å². The summed E-state index contributed by atoms with van der Waals surface area (Å²) in [5.74, 6) is -1.41. The number of hydrogen-bond donors (Lipinski definition) is 1. The van der Waals surface area contributed by atoms with E-state index >= 15 is 0 Å². The lowest BCUT2D eigenvalue weighted by atomic mass is 10.1. The van der Waals surface area contributed by atoms with Crippen LogP contribution in [0.5, 0.6) is 0 Å². The van der Waals surface area contributed by atoms with Crippen molar-refractivity contribution < 1.29 is 19.1 Å². The van der Waals surface area contributed by atoms with Gasteiger partial charge in [0.1, 0.15) is 11.5 Å². The molecule has 24 heavy (non-hydrogen) atoms. The van der Waals surface area contributed by atoms with Crippen LogP contribution in [-0.2, 0) is 0 Å². The van der Waals surface area contributed by atoms with Crippen molar-refractivity contribution >= 4 is 17.6 Å². The molecule has 6 heteroatoms. The molecule has 1 N–H and O–H groups in total. The van der Waals surface area contributed by atoms with Gasteiger partial charge in [-0.1, -0.05) is 6.07 Å². The quantitative estimate of drug-likeness (QED) is 0.914. The summed E-state index contributed by atoms with van der Waals surface area (Å²) < 4.78 is 13.9. The number of aromatic nitrogens is 1. The number of nitrogens with zero attached hydrogens (tertiary/aromatic N) is 2. The molecule has 1 aromatic carbocycles. The van der Waals surface area contributed by atoms with Gasteiger partial charge in [0.25, 0.3) is 5.91 Å². The zero-order chi connectivity index (χ0) is 17.3. The molecule has 0 radical (unpaired) electrons. The van der Waals surface area contributed by atoms with Crippen LogP contribution >= 0.6 is 0 Å². The van der Waals surface area contributed by atoms with E-state index in [1.165, 1.54) is 23.1 Å². The number of carboxylic acid groups (broad SMARTS) is 1. The van der Waals surface area contributed by atoms with Crippen molar-refractivity contribution in [2.75, 3.05) is 11.4 Å². The van der Waals surface area contributed by atoms with Crippen molar-refractivity contribution in [2.45, 2.75) is 19.8 Å². The second kappa shape index (κ2) is 6.39. The van der Waals surface area contributed by atoms with Gasteiger partial charge in [-0.05, 0) is 55.5 Å². The predicted octanol–water partition coefficient (Wildman–Crippen LogP) is 3.28. The number of carbonyl (C=O) groups is 2. The maximum absolute atomic E-state index is 13.9. The van der Waals surface area contributed by atoms with Gasteiger partial charge in [-0.25, -0.2) is 9.18 Å². The van der Waals surface area contributed by atoms with Gasteiger partial charge < -0.3 is 10.0 Å². The Labute approximate surface area is 138 Å². The molecule has 3 rings (SSSR count). The Bertz CT molecular complexity index is 785. The van der Waals surface area contributed by atoms with Crippen molar-refractivity contribution in [3.63, 3.8) is 0 Å². The minimum Gasteiger partial charge on any atom is -0.478 e. The lowest BCUT2D eigenvalue weighted by molar-refractivity contribution is 0.0695. The Morgan fingerprint density at radius 2 is 2.04 bits per heavy atom. The third-order valence-corrected chi connectivity index (χ3v) is 4.08. The van der Waals surface area contributed by atoms with Gasteiger partial charge in [-0.2, -0.15) is 0 Å². The highest BCUT2D eigenvalue weighted by Gasteiger charge is 2.29. The number of pyridine rings is 1. The van der Waals surface area contributed by atoms with E-state index in [0.717, 1.165) is 19.0 Å². The second-order valence-electron chi connectivity index (χ2n) is 6.03. The van der Waals surface area contributed by atoms with E-state index in [0.29, 0.717) is 23.7 Å². The number of rotatable bonds is 5. The van der Waals surface area contributed by atoms with Crippen LogP contribution in [0.3, 0.4) is 0 Å². The smallest absolute Gasteiger partial charge is 0.337 e. The van der Waals surface area contributed by atoms with E-state index in [1.54, 1.807) is 19.1 Å². The van der Waals surface area contributed by atoms with Crippen LogP contribution in [0, 0.1) is 18.7 Å². The summed E-state index contributed by atoms with van der Waals surface area (Å²) in [5, 5.41) is 8.91. The average Bonchev–Trinajstić information content (AvgIpc) is 3.39. The van der Waals surface area contributed by atoms with Crippen molar-refractivity contribution in [3.8, 4) is 0 Å². The predicted molar refractivity (Wildman–Crippen MR) is 86.7 cm³/mol. The molecule has 5 nitrogen and oxygen atoms in total. The third-order valence-electron chi connectivity index (χ3n) is 4.08. The Morgan fingerprint density at radius 1 is 1.29 bits per heavy atom. The minimum absolute atomic E-state index is 0.0154. The fraction of sp³-hybridized carbons (Fsp3) is 0.278. The van der Waals surface area contributed by atoms with Crippen LogP contribution < -0.4 is 4.90 Å². The maximum atomic E-state index is 13.9. The Morgan fingerprint density at radius 3 is 2.58 bits per heavy atom. The Hall–Kier alpha value is -2.76. The third kappa shape index (κ3) is 3.42. The molecule has 0 unspecified atom stereocenters. The minimum atomic E-state index is -1.10. The molecular formula is C18H17FN2O3. The molecule has 1 aliphatic carbocycles. The van der Waals surface area contributed by atoms with Crippen molar-refractivity contribution in [1.29, 1.82) is 0 Å². The zero-order valence-electron chi connectivity index (χ0n) is 13.2. The average molecular weight is 328 g/mol. The fourth-order valence-corrected chi connectivity index (χ4v) is 2.40. The van der Waals surface area contributed by atoms with Crippen molar-refractivity contribution in [3.05, 3.63) is 59.2 Å². The van der Waals surface area contributed by atoms with Crippen LogP contribution in [0.15, 0.2) is 36.5 Å². The molecule has 1 fully saturated rings. The van der Waals surface area contributed by atoms with Gasteiger partial charge in [0.2, 0.25) is 0 Å². The zero-order valence-corrected chi connectivity index (χ0v) is 13.2. The van der Waals surface area contributed by atoms with Gasteiger partial charge in [0.05, 0.1) is 5.56 Å². The number of carbonyl (C=O) groups excluding carboxylic acids is 1. The normalized spacial score (nSPS) is 13.6. The molecule has 0 saturated heterocycles. The Kier molecular flexibility index (Phi) is 4.29. The van der Waals surface area contributed by atoms with E-state index in [2.05, 4.69) is 4.98 Å². The van der Waals surface area contributed by atoms with Gasteiger partial charge in [-0.15, -0.1) is 0 Å². The van der Waals surface area contributed by atoms with E-state index in [4.69, 9.17) is 5.11 Å². The largest absolute Gasteiger partial charge is 0.478 e. The highest BCUT2D eigenvalue weighted by Crippen LogP contribution is 2.32. The number of carboxylic acids is 1. The van der Waals surface area contributed by atoms with Gasteiger partial charge in [0.15, 0.2) is 0 Å². The van der Waals surface area contributed by atoms with E-state index in [1.807, 2.05) is 0 Å². The number of anilines is 1. The van der Waals surface area contributed by atoms with Gasteiger partial charge in [0, 0.05) is 18.4 Å². The summed E-state index contributed by atoms with van der Waals surface area (Å²) in [6, 6.07) is 7.42. The molecule has 1 saturated carbocycles. The van der Waals surface area contributed by atoms with E-state index < -0.39 is 5.97 Å². The number of hydrogen-bond acceptors (Lipinski definition) is 3. The Balaban J connectivity index is 1.90. The number of benzene rings is 1. The lowest BCUT2D eigenvalue weighted by Crippen LogP contribution is -2.33. The molecule has 1 amide bonds. The first-order valence-corrected chi connectivity index (χ1v) is 7.73. The fourth-order valence-electron chi connectivity index (χ4n) is 2.40. The van der Waals surface area contributed by atoms with Crippen LogP contribution in [0.25, 0.3) is 0 Å². The summed E-state index contributed by atoms with van der Waals surface area (Å²) in [5.41, 5.74) is 1.16. The summed E-state index contributed by atoms with van der Waals surface area (Å²) in [4.78, 5) is 29.1. The van der Waals surface area contributed by atoms with E-state index in [-0.39, 0.29) is 23.0 Å². The molecule has 1 heterocycles. The highest BCUT2D eigenvalue weighted by molar-refractivity contribution is 6.05. The molecular weight excluding hydrogens is 311 g/mol. The van der Waals surface area contributed by atoms with Crippen molar-refractivity contribution in [1.82, 2.24) is 4.98 Å². The summed E-state index contributed by atoms with van der Waals surface area (Å²) in [7, 11) is 0. The van der Waals surface area contributed by atoms with Gasteiger partial charge in [-0.3, -0.25) is 9.78 Å². The number of aromatic carboxylic acids is 1. The number of aryl methyl sites for hydroxylation is 1. The number of amides is 1. The van der Waals surface area contributed by atoms with Crippen molar-refractivity contribution in [2.24, 2.45) is 5.92 Å². The molecule has 1 aliphatic rings. The molecule has 0 atom stereocenters. The van der Waals surface area contributed by atoms with Gasteiger partial charge >= 0.3 is 5.97 Å². The monoisotopic (exact) mass is 328 g/mol. The maximum Gasteiger partial charge on any atom is 0.337 e. The molecule has 0 bridgehead atoms. The first-order valence-electron chi connectivity index (χ1n) is 7.73. The van der Waals surface area contributed by atoms with Crippen LogP contribution in [0.4, 0.5) is 10.1 Å². The topological polar surface area (TPSA) is 70.5 Å². The summed E-state index contributed by atoms with van der Waals surface area (Å²) in [6.07, 6.45) is 3.24. The molecule has 124 valence electrons. The lowest BCUT2D eigenvalue weighted by Gasteiger charge is -2.23. The van der Waals surface area contributed by atoms with Crippen LogP contribution in [0.1, 0.15) is 39.3 Å². The molecule has 0 aliphatic heterocycles. The van der Waals surface area contributed by atoms with E-state index in [9.17, 15) is 14.0 Å². The highest BCUT2D eigenvalue weighted by atomic mass is 19.1. The SMILES string of the molecule is Cc1ccc(N(CC2CC2)C(=O)c2ccc(C(=O)O)cn2)cc1F. The second-order valence-corrected chi connectivity index (χ2v) is 6.03. The first kappa shape index (κ1) is 16.1. The standard InChI is InChI=1S/C18H17FN2O3/c1-11-2-6-14(8-15(11)19)21(10-12-3-4-12)17(22)16-7-5-13(9-20-16)18(23)24/h2,5-9,12H,3-4,10H2,1H3,(H,23,24). The number of halogens is 1. The summed E-state index contributed by atoms with van der Waals surface area (Å²) in [6.45, 7) is 2.17.